The maximum absolute atomic E-state index is 15.0. The Hall–Kier alpha value is -6.38. The Kier molecular flexibility index (Phi) is 15.6. The van der Waals surface area contributed by atoms with E-state index in [2.05, 4.69) is 22.3 Å². The number of hydrogen-bond acceptors (Lipinski definition) is 10. The normalized spacial score (nSPS) is 20.9. The lowest BCUT2D eigenvalue weighted by Gasteiger charge is -2.54. The summed E-state index contributed by atoms with van der Waals surface area (Å²) in [6.07, 6.45) is -1.73. The minimum atomic E-state index is -4.64. The van der Waals surface area contributed by atoms with E-state index in [1.54, 1.807) is 85.3 Å². The lowest BCUT2D eigenvalue weighted by atomic mass is 9.84. The van der Waals surface area contributed by atoms with Gasteiger partial charge in [-0.05, 0) is 96.3 Å². The lowest BCUT2D eigenvalue weighted by Crippen LogP contribution is -2.73. The number of esters is 1. The molecule has 4 aliphatic rings. The highest BCUT2D eigenvalue weighted by atomic mass is 19.4. The predicted octanol–water partition coefficient (Wildman–Crippen LogP) is 6.93. The van der Waals surface area contributed by atoms with Crippen molar-refractivity contribution >= 4 is 40.6 Å². The van der Waals surface area contributed by atoms with Crippen LogP contribution in [0.25, 0.3) is 33.3 Å². The van der Waals surface area contributed by atoms with Crippen LogP contribution in [0, 0.1) is 11.3 Å². The van der Waals surface area contributed by atoms with Crippen molar-refractivity contribution in [3.05, 3.63) is 89.8 Å². The molecule has 2 aromatic carbocycles. The van der Waals surface area contributed by atoms with Crippen molar-refractivity contribution < 1.29 is 55.7 Å². The molecule has 4 atom stereocenters. The molecule has 0 unspecified atom stereocenters. The van der Waals surface area contributed by atoms with Crippen molar-refractivity contribution in [2.45, 2.75) is 110 Å². The van der Waals surface area contributed by atoms with Gasteiger partial charge in [-0.2, -0.15) is 13.2 Å². The molecule has 20 heteroatoms. The van der Waals surface area contributed by atoms with Gasteiger partial charge in [-0.1, -0.05) is 52.5 Å². The fourth-order valence-corrected chi connectivity index (χ4v) is 10.9. The van der Waals surface area contributed by atoms with Crippen LogP contribution in [0.3, 0.4) is 0 Å². The number of aromatic nitrogens is 2. The van der Waals surface area contributed by atoms with Gasteiger partial charge in [0.2, 0.25) is 11.8 Å². The molecule has 6 heterocycles. The molecule has 4 aromatic rings. The van der Waals surface area contributed by atoms with E-state index in [0.29, 0.717) is 64.9 Å². The lowest BCUT2D eigenvalue weighted by molar-refractivity contribution is -0.178. The third-order valence-electron chi connectivity index (χ3n) is 14.5. The van der Waals surface area contributed by atoms with Gasteiger partial charge in [-0.3, -0.25) is 29.2 Å². The fraction of sp³-hybridized carbons (Fsp3) is 0.519. The largest absolute Gasteiger partial charge is 0.464 e. The molecule has 3 saturated heterocycles. The number of nitrogens with zero attached hydrogens (tertiary/aromatic N) is 6. The van der Waals surface area contributed by atoms with Crippen molar-refractivity contribution in [3.8, 4) is 22.4 Å². The standard InChI is InChI=1S/C54H66F4N8O8/c1-9-44(67)63-18-19-74-53(27-63)28-64(29-53)51(71)62(7)46(32(2)3)48(68)60-42-23-34-20-35(26-55)22-37(21-34)36-14-15-43-39(24-36)40(25-52(5,6)31-73-50(70)41-13-11-17-66(61-41)49(42)69)47(65(43)30-54(56,57)58)38-12-10-16-59-45(38)33(4)72-8/h9-10,12,14-16,20-22,24,32-33,41-42,46,61H,1,11,13,17-19,23,25-31H2,2-8H3,(H,60,68)/t33-,41-,42-,46-/m0/s1. The topological polar surface area (TPSA) is 168 Å². The zero-order valence-corrected chi connectivity index (χ0v) is 43.0. The molecule has 398 valence electrons. The van der Waals surface area contributed by atoms with E-state index in [-0.39, 0.29) is 68.3 Å². The molecular weight excluding hydrogens is 965 g/mol. The Labute approximate surface area is 428 Å². The van der Waals surface area contributed by atoms with Crippen molar-refractivity contribution in [2.75, 3.05) is 60.1 Å². The number of nitrogens with one attached hydrogen (secondary N) is 2. The molecule has 6 bridgehead atoms. The minimum Gasteiger partial charge on any atom is -0.464 e. The van der Waals surface area contributed by atoms with Crippen LogP contribution in [0.15, 0.2) is 67.4 Å². The highest BCUT2D eigenvalue weighted by Gasteiger charge is 2.51. The van der Waals surface area contributed by atoms with Crippen LogP contribution in [0.1, 0.15) is 75.9 Å². The number of morpholine rings is 1. The second-order valence-electron chi connectivity index (χ2n) is 21.2. The van der Waals surface area contributed by atoms with Gasteiger partial charge < -0.3 is 38.8 Å². The molecule has 2 aromatic heterocycles. The monoisotopic (exact) mass is 1030 g/mol. The second-order valence-corrected chi connectivity index (χ2v) is 21.2. The molecule has 0 aliphatic carbocycles. The summed E-state index contributed by atoms with van der Waals surface area (Å²) in [7, 11) is 3.01. The molecule has 0 radical (unpaired) electrons. The Morgan fingerprint density at radius 2 is 1.78 bits per heavy atom. The number of pyridine rings is 1. The Balaban J connectivity index is 1.19. The Morgan fingerprint density at radius 3 is 2.47 bits per heavy atom. The highest BCUT2D eigenvalue weighted by molar-refractivity contribution is 5.96. The quantitative estimate of drug-likeness (QED) is 0.0966. The molecule has 0 saturated carbocycles. The SMILES string of the molecule is C=CC(=O)N1CCOC2(C1)CN(C(=O)N(C)[C@H](C(=O)N[C@H]1Cc3cc(CF)cc(c3)-c3ccc4c(c3)c(c(-c3cccnc3[C@H](C)OC)n4CC(F)(F)F)CC(C)(C)COC(=O)[C@@H]3CCCN(N3)C1=O)C(C)C)C2. The number of carbonyl (C=O) groups excluding carboxylic acids is 5. The number of benzene rings is 2. The molecule has 16 nitrogen and oxygen atoms in total. The first-order valence-corrected chi connectivity index (χ1v) is 25.1. The Morgan fingerprint density at radius 1 is 1.04 bits per heavy atom. The number of hydrogen-bond donors (Lipinski definition) is 2. The van der Waals surface area contributed by atoms with Gasteiger partial charge in [0.05, 0.1) is 50.3 Å². The summed E-state index contributed by atoms with van der Waals surface area (Å²) in [5, 5.41) is 4.71. The first-order valence-electron chi connectivity index (χ1n) is 25.1. The van der Waals surface area contributed by atoms with Gasteiger partial charge >= 0.3 is 18.2 Å². The molecule has 74 heavy (non-hydrogen) atoms. The predicted molar refractivity (Wildman–Crippen MR) is 268 cm³/mol. The van der Waals surface area contributed by atoms with Crippen LogP contribution >= 0.6 is 0 Å². The summed E-state index contributed by atoms with van der Waals surface area (Å²) in [6.45, 7) is 11.8. The Bertz CT molecular complexity index is 2810. The van der Waals surface area contributed by atoms with Crippen LogP contribution in [-0.2, 0) is 59.4 Å². The number of fused-ring (bicyclic) bond motifs is 6. The summed E-state index contributed by atoms with van der Waals surface area (Å²) in [5.74, 6) is -2.54. The van der Waals surface area contributed by atoms with Crippen molar-refractivity contribution in [1.29, 1.82) is 0 Å². The average molecular weight is 1030 g/mol. The molecule has 3 fully saturated rings. The first kappa shape index (κ1) is 53.9. The van der Waals surface area contributed by atoms with E-state index in [9.17, 15) is 37.1 Å². The summed E-state index contributed by atoms with van der Waals surface area (Å²) >= 11 is 0. The smallest absolute Gasteiger partial charge is 0.406 e. The van der Waals surface area contributed by atoms with Gasteiger partial charge in [0.25, 0.3) is 5.91 Å². The van der Waals surface area contributed by atoms with Gasteiger partial charge in [0.1, 0.15) is 36.9 Å². The number of alkyl halides is 4. The van der Waals surface area contributed by atoms with Crippen LogP contribution in [0.2, 0.25) is 0 Å². The minimum absolute atomic E-state index is 0.139. The number of ether oxygens (including phenoxy) is 3. The van der Waals surface area contributed by atoms with E-state index in [1.807, 2.05) is 13.8 Å². The summed E-state index contributed by atoms with van der Waals surface area (Å²) < 4.78 is 78.3. The number of amides is 5. The molecule has 1 spiro atoms. The van der Waals surface area contributed by atoms with Gasteiger partial charge in [0.15, 0.2) is 0 Å². The number of methoxy groups -OCH3 is 1. The van der Waals surface area contributed by atoms with Crippen LogP contribution in [0.4, 0.5) is 22.4 Å². The summed E-state index contributed by atoms with van der Waals surface area (Å²) in [5.41, 5.74) is 5.17. The van der Waals surface area contributed by atoms with E-state index in [1.165, 1.54) is 34.7 Å². The first-order chi connectivity index (χ1) is 35.0. The number of hydrazine groups is 1. The number of carbonyl (C=O) groups is 5. The highest BCUT2D eigenvalue weighted by Crippen LogP contribution is 2.43. The van der Waals surface area contributed by atoms with Gasteiger partial charge in [-0.25, -0.2) is 14.6 Å². The number of likely N-dealkylation sites (tertiary alicyclic amines) is 1. The third-order valence-corrected chi connectivity index (χ3v) is 14.5. The van der Waals surface area contributed by atoms with Gasteiger partial charge in [0, 0.05) is 61.7 Å². The number of urea groups is 1. The summed E-state index contributed by atoms with van der Waals surface area (Å²) in [6, 6.07) is 9.66. The zero-order chi connectivity index (χ0) is 53.4. The third kappa shape index (κ3) is 11.3. The van der Waals surface area contributed by atoms with E-state index < -0.39 is 84.4 Å². The van der Waals surface area contributed by atoms with Crippen molar-refractivity contribution in [3.63, 3.8) is 0 Å². The molecule has 4 aliphatic heterocycles. The molecule has 5 amide bonds. The van der Waals surface area contributed by atoms with Crippen molar-refractivity contribution in [2.24, 2.45) is 11.3 Å². The molecular formula is C54H66F4N8O8. The van der Waals surface area contributed by atoms with E-state index >= 15 is 4.39 Å². The van der Waals surface area contributed by atoms with Crippen LogP contribution < -0.4 is 10.7 Å². The number of rotatable bonds is 10. The van der Waals surface area contributed by atoms with E-state index in [0.717, 1.165) is 0 Å². The van der Waals surface area contributed by atoms with Crippen LogP contribution in [-0.4, -0.2) is 149 Å². The number of halogens is 4. The maximum Gasteiger partial charge on any atom is 0.406 e. The summed E-state index contributed by atoms with van der Waals surface area (Å²) in [4.78, 5) is 79.1. The second kappa shape index (κ2) is 21.5. The average Bonchev–Trinajstić information content (AvgIpc) is 3.64. The number of likely N-dealkylation sites (N-methyl/N-ethyl adjacent to an activating group) is 1. The van der Waals surface area contributed by atoms with Crippen LogP contribution in [0.5, 0.6) is 0 Å². The zero-order valence-electron chi connectivity index (χ0n) is 43.0. The number of cyclic esters (lactones) is 1. The molecule has 2 N–H and O–H groups in total. The van der Waals surface area contributed by atoms with Crippen molar-refractivity contribution in [1.82, 2.24) is 40.0 Å². The fourth-order valence-electron chi connectivity index (χ4n) is 10.9. The van der Waals surface area contributed by atoms with Gasteiger partial charge in [-0.15, -0.1) is 0 Å². The molecule has 8 rings (SSSR count). The van der Waals surface area contributed by atoms with E-state index in [4.69, 9.17) is 14.2 Å². The maximum atomic E-state index is 15.0.